The molecule has 0 amide bonds. The summed E-state index contributed by atoms with van der Waals surface area (Å²) in [5.41, 5.74) is 5.34. The summed E-state index contributed by atoms with van der Waals surface area (Å²) in [6, 6.07) is 16.3. The predicted octanol–water partition coefficient (Wildman–Crippen LogP) is 5.15. The van der Waals surface area contributed by atoms with E-state index >= 15 is 0 Å². The molecule has 3 aromatic heterocycles. The van der Waals surface area contributed by atoms with Gasteiger partial charge >= 0.3 is 0 Å². The number of aromatic nitrogens is 4. The first-order valence-corrected chi connectivity index (χ1v) is 10.3. The molecule has 31 heavy (non-hydrogen) atoms. The maximum Gasteiger partial charge on any atom is 0.224 e. The summed E-state index contributed by atoms with van der Waals surface area (Å²) in [6.07, 6.45) is 4.83. The van der Waals surface area contributed by atoms with Crippen molar-refractivity contribution in [1.82, 2.24) is 19.9 Å². The van der Waals surface area contributed by atoms with E-state index in [4.69, 9.17) is 4.74 Å². The van der Waals surface area contributed by atoms with E-state index in [1.54, 1.807) is 7.11 Å². The fraction of sp³-hybridized carbons (Fsp3) is 0.167. The summed E-state index contributed by atoms with van der Waals surface area (Å²) < 4.78 is 5.36. The van der Waals surface area contributed by atoms with Crippen molar-refractivity contribution in [3.63, 3.8) is 0 Å². The lowest BCUT2D eigenvalue weighted by molar-refractivity contribution is 0.415. The number of aromatic amines is 2. The zero-order chi connectivity index (χ0) is 21.2. The third kappa shape index (κ3) is 4.02. The second kappa shape index (κ2) is 8.02. The van der Waals surface area contributed by atoms with Crippen LogP contribution in [0, 0.1) is 6.92 Å². The molecular weight excluding hydrogens is 388 g/mol. The molecule has 0 aliphatic rings. The van der Waals surface area contributed by atoms with Crippen LogP contribution in [0.15, 0.2) is 60.9 Å². The van der Waals surface area contributed by atoms with E-state index in [0.29, 0.717) is 5.95 Å². The number of hydrogen-bond donors (Lipinski definition) is 4. The number of nitrogens with one attached hydrogen (secondary N) is 4. The number of benzene rings is 2. The number of ether oxygens (including phenoxy) is 1. The first-order chi connectivity index (χ1) is 15.2. The highest BCUT2D eigenvalue weighted by Gasteiger charge is 2.07. The summed E-state index contributed by atoms with van der Waals surface area (Å²) in [4.78, 5) is 15.7. The molecule has 2 aromatic carbocycles. The van der Waals surface area contributed by atoms with Crippen LogP contribution in [0.3, 0.4) is 0 Å². The number of nitrogens with zero attached hydrogens (tertiary/aromatic N) is 2. The molecule has 0 radical (unpaired) electrons. The van der Waals surface area contributed by atoms with Crippen molar-refractivity contribution >= 4 is 39.3 Å². The standard InChI is InChI=1S/C24H24N6O/c1-15-11-23(29-18-3-5-21-16(12-18)7-9-25-21)30-24(28-15)26-10-8-17-14-27-22-6-4-19(31-2)13-20(17)22/h3-7,9,11-14,25,27H,8,10H2,1-2H3,(H2,26,28,29,30). The number of H-pyrrole nitrogens is 2. The Hall–Kier alpha value is -4.00. The Morgan fingerprint density at radius 3 is 2.77 bits per heavy atom. The molecule has 0 bridgehead atoms. The SMILES string of the molecule is COc1ccc2[nH]cc(CCNc3nc(C)cc(Nc4ccc5[nH]ccc5c4)n3)c2c1. The molecule has 7 heteroatoms. The largest absolute Gasteiger partial charge is 0.497 e. The van der Waals surface area contributed by atoms with Crippen LogP contribution in [0.2, 0.25) is 0 Å². The molecule has 0 saturated heterocycles. The smallest absolute Gasteiger partial charge is 0.224 e. The summed E-state index contributed by atoms with van der Waals surface area (Å²) in [5, 5.41) is 9.07. The van der Waals surface area contributed by atoms with E-state index in [-0.39, 0.29) is 0 Å². The van der Waals surface area contributed by atoms with Gasteiger partial charge in [-0.2, -0.15) is 4.98 Å². The van der Waals surface area contributed by atoms with Crippen molar-refractivity contribution in [2.75, 3.05) is 24.3 Å². The molecule has 0 atom stereocenters. The van der Waals surface area contributed by atoms with E-state index in [9.17, 15) is 0 Å². The number of hydrogen-bond acceptors (Lipinski definition) is 5. The van der Waals surface area contributed by atoms with Gasteiger partial charge in [-0.05, 0) is 61.4 Å². The highest BCUT2D eigenvalue weighted by molar-refractivity contribution is 5.85. The minimum absolute atomic E-state index is 0.614. The normalized spacial score (nSPS) is 11.2. The van der Waals surface area contributed by atoms with Gasteiger partial charge in [0.05, 0.1) is 7.11 Å². The van der Waals surface area contributed by atoms with E-state index in [0.717, 1.165) is 52.3 Å². The lowest BCUT2D eigenvalue weighted by Gasteiger charge is -2.10. The Morgan fingerprint density at radius 1 is 0.968 bits per heavy atom. The number of fused-ring (bicyclic) bond motifs is 2. The molecule has 0 aliphatic carbocycles. The number of rotatable bonds is 7. The summed E-state index contributed by atoms with van der Waals surface area (Å²) in [7, 11) is 1.69. The topological polar surface area (TPSA) is 90.6 Å². The van der Waals surface area contributed by atoms with E-state index in [1.807, 2.05) is 43.6 Å². The Balaban J connectivity index is 1.28. The van der Waals surface area contributed by atoms with Crippen LogP contribution < -0.4 is 15.4 Å². The third-order valence-corrected chi connectivity index (χ3v) is 5.33. The summed E-state index contributed by atoms with van der Waals surface area (Å²) >= 11 is 0. The fourth-order valence-electron chi connectivity index (χ4n) is 3.79. The van der Waals surface area contributed by atoms with Crippen LogP contribution >= 0.6 is 0 Å². The van der Waals surface area contributed by atoms with Crippen molar-refractivity contribution in [3.8, 4) is 5.75 Å². The molecule has 5 rings (SSSR count). The zero-order valence-electron chi connectivity index (χ0n) is 17.5. The van der Waals surface area contributed by atoms with E-state index in [1.165, 1.54) is 10.9 Å². The van der Waals surface area contributed by atoms with Crippen molar-refractivity contribution in [2.24, 2.45) is 0 Å². The second-order valence-electron chi connectivity index (χ2n) is 7.53. The molecule has 7 nitrogen and oxygen atoms in total. The van der Waals surface area contributed by atoms with Crippen LogP contribution in [-0.2, 0) is 6.42 Å². The first kappa shape index (κ1) is 19.0. The van der Waals surface area contributed by atoms with E-state index < -0.39 is 0 Å². The molecule has 3 heterocycles. The number of aryl methyl sites for hydroxylation is 1. The second-order valence-corrected chi connectivity index (χ2v) is 7.53. The summed E-state index contributed by atoms with van der Waals surface area (Å²) in [6.45, 7) is 2.70. The van der Waals surface area contributed by atoms with Crippen molar-refractivity contribution in [1.29, 1.82) is 0 Å². The molecular formula is C24H24N6O. The van der Waals surface area contributed by atoms with Gasteiger partial charge in [0.25, 0.3) is 0 Å². The molecule has 0 saturated carbocycles. The van der Waals surface area contributed by atoms with Gasteiger partial charge in [0.15, 0.2) is 0 Å². The molecule has 5 aromatic rings. The molecule has 156 valence electrons. The monoisotopic (exact) mass is 412 g/mol. The average molecular weight is 412 g/mol. The van der Waals surface area contributed by atoms with Crippen molar-refractivity contribution in [3.05, 3.63) is 72.2 Å². The Kier molecular flexibility index (Phi) is 4.92. The van der Waals surface area contributed by atoms with Crippen LogP contribution in [0.4, 0.5) is 17.5 Å². The van der Waals surface area contributed by atoms with Crippen LogP contribution in [0.25, 0.3) is 21.8 Å². The molecule has 0 aliphatic heterocycles. The van der Waals surface area contributed by atoms with Gasteiger partial charge < -0.3 is 25.3 Å². The van der Waals surface area contributed by atoms with E-state index in [2.05, 4.69) is 54.8 Å². The lowest BCUT2D eigenvalue weighted by Crippen LogP contribution is -2.09. The Labute approximate surface area is 179 Å². The minimum Gasteiger partial charge on any atom is -0.497 e. The van der Waals surface area contributed by atoms with Crippen molar-refractivity contribution < 1.29 is 4.74 Å². The average Bonchev–Trinajstić information content (AvgIpc) is 3.39. The van der Waals surface area contributed by atoms with Gasteiger partial charge in [-0.1, -0.05) is 0 Å². The van der Waals surface area contributed by atoms with Crippen molar-refractivity contribution in [2.45, 2.75) is 13.3 Å². The fourth-order valence-corrected chi connectivity index (χ4v) is 3.79. The maximum absolute atomic E-state index is 5.36. The maximum atomic E-state index is 5.36. The molecule has 0 spiro atoms. The van der Waals surface area contributed by atoms with Gasteiger partial charge in [-0.15, -0.1) is 0 Å². The first-order valence-electron chi connectivity index (χ1n) is 10.3. The minimum atomic E-state index is 0.614. The summed E-state index contributed by atoms with van der Waals surface area (Å²) in [5.74, 6) is 2.24. The van der Waals surface area contributed by atoms with Crippen LogP contribution in [-0.4, -0.2) is 33.6 Å². The molecule has 4 N–H and O–H groups in total. The van der Waals surface area contributed by atoms with Gasteiger partial charge in [-0.25, -0.2) is 4.98 Å². The van der Waals surface area contributed by atoms with Gasteiger partial charge in [0.2, 0.25) is 5.95 Å². The number of anilines is 3. The highest BCUT2D eigenvalue weighted by atomic mass is 16.5. The Bertz CT molecular complexity index is 1350. The predicted molar refractivity (Wildman–Crippen MR) is 125 cm³/mol. The van der Waals surface area contributed by atoms with Crippen LogP contribution in [0.1, 0.15) is 11.3 Å². The quantitative estimate of drug-likeness (QED) is 0.297. The lowest BCUT2D eigenvalue weighted by atomic mass is 10.1. The Morgan fingerprint density at radius 2 is 1.87 bits per heavy atom. The highest BCUT2D eigenvalue weighted by Crippen LogP contribution is 2.24. The van der Waals surface area contributed by atoms with Gasteiger partial charge in [0.1, 0.15) is 11.6 Å². The molecule has 0 unspecified atom stereocenters. The van der Waals surface area contributed by atoms with Crippen LogP contribution in [0.5, 0.6) is 5.75 Å². The zero-order valence-corrected chi connectivity index (χ0v) is 17.5. The molecule has 0 fully saturated rings. The number of methoxy groups -OCH3 is 1. The third-order valence-electron chi connectivity index (χ3n) is 5.33. The van der Waals surface area contributed by atoms with Gasteiger partial charge in [0, 0.05) is 58.2 Å². The van der Waals surface area contributed by atoms with Gasteiger partial charge in [-0.3, -0.25) is 0 Å².